The highest BCUT2D eigenvalue weighted by atomic mass is 32.1. The monoisotopic (exact) mass is 308 g/mol. The van der Waals surface area contributed by atoms with Crippen molar-refractivity contribution in [2.75, 3.05) is 33.7 Å². The third-order valence-electron chi connectivity index (χ3n) is 4.22. The first-order valence-corrected chi connectivity index (χ1v) is 8.85. The molecule has 1 fully saturated rings. The molecule has 4 nitrogen and oxygen atoms in total. The van der Waals surface area contributed by atoms with Crippen molar-refractivity contribution in [1.82, 2.24) is 15.1 Å². The zero-order valence-electron chi connectivity index (χ0n) is 13.5. The van der Waals surface area contributed by atoms with Crippen molar-refractivity contribution in [3.05, 3.63) is 22.4 Å². The first-order valence-electron chi connectivity index (χ1n) is 7.91. The average Bonchev–Trinajstić information content (AvgIpc) is 3.01. The van der Waals surface area contributed by atoms with Gasteiger partial charge in [0, 0.05) is 33.2 Å². The van der Waals surface area contributed by atoms with Crippen LogP contribution in [-0.4, -0.2) is 55.5 Å². The smallest absolute Gasteiger partial charge is 0.193 e. The normalized spacial score (nSPS) is 20.5. The predicted molar refractivity (Wildman–Crippen MR) is 92.0 cm³/mol. The third kappa shape index (κ3) is 4.71. The van der Waals surface area contributed by atoms with Gasteiger partial charge in [-0.15, -0.1) is 0 Å². The largest absolute Gasteiger partial charge is 0.355 e. The summed E-state index contributed by atoms with van der Waals surface area (Å²) in [6.07, 6.45) is 4.00. The van der Waals surface area contributed by atoms with Crippen molar-refractivity contribution in [1.29, 1.82) is 0 Å². The van der Waals surface area contributed by atoms with E-state index in [0.717, 1.165) is 25.6 Å². The van der Waals surface area contributed by atoms with Crippen molar-refractivity contribution in [3.8, 4) is 0 Å². The second-order valence-corrected chi connectivity index (χ2v) is 6.47. The van der Waals surface area contributed by atoms with Gasteiger partial charge in [-0.2, -0.15) is 11.3 Å². The molecular formula is C16H28N4S. The van der Waals surface area contributed by atoms with Crippen LogP contribution in [0.15, 0.2) is 21.8 Å². The Morgan fingerprint density at radius 3 is 3.05 bits per heavy atom. The Hall–Kier alpha value is -1.07. The quantitative estimate of drug-likeness (QED) is 0.670. The maximum atomic E-state index is 4.42. The van der Waals surface area contributed by atoms with Gasteiger partial charge in [0.15, 0.2) is 5.96 Å². The standard InChI is InChI=1S/C16H28N4S/c1-4-20-9-6-5-7-15(20)11-18-16(17-2)19(3)12-14-8-10-21-13-14/h8,10,13,15H,4-7,9,11-12H2,1-3H3,(H,17,18). The second kappa shape index (κ2) is 8.39. The van der Waals surface area contributed by atoms with Crippen LogP contribution in [0.25, 0.3) is 0 Å². The molecule has 5 heteroatoms. The van der Waals surface area contributed by atoms with Gasteiger partial charge < -0.3 is 10.2 Å². The lowest BCUT2D eigenvalue weighted by Gasteiger charge is -2.35. The van der Waals surface area contributed by atoms with Crippen molar-refractivity contribution in [2.45, 2.75) is 38.8 Å². The highest BCUT2D eigenvalue weighted by Crippen LogP contribution is 2.16. The zero-order valence-corrected chi connectivity index (χ0v) is 14.3. The first kappa shape index (κ1) is 16.3. The van der Waals surface area contributed by atoms with Crippen molar-refractivity contribution in [2.24, 2.45) is 4.99 Å². The van der Waals surface area contributed by atoms with Crippen molar-refractivity contribution < 1.29 is 0 Å². The van der Waals surface area contributed by atoms with Crippen LogP contribution in [0.3, 0.4) is 0 Å². The Kier molecular flexibility index (Phi) is 6.51. The SMILES string of the molecule is CCN1CCCCC1CNC(=NC)N(C)Cc1ccsc1. The molecule has 21 heavy (non-hydrogen) atoms. The zero-order chi connectivity index (χ0) is 15.1. The fourth-order valence-corrected chi connectivity index (χ4v) is 3.69. The van der Waals surface area contributed by atoms with Crippen LogP contribution in [0.5, 0.6) is 0 Å². The highest BCUT2D eigenvalue weighted by molar-refractivity contribution is 7.07. The highest BCUT2D eigenvalue weighted by Gasteiger charge is 2.21. The Labute approximate surface area is 132 Å². The molecule has 1 N–H and O–H groups in total. The first-order chi connectivity index (χ1) is 10.2. The number of nitrogens with zero attached hydrogens (tertiary/aromatic N) is 3. The average molecular weight is 308 g/mol. The third-order valence-corrected chi connectivity index (χ3v) is 4.96. The summed E-state index contributed by atoms with van der Waals surface area (Å²) < 4.78 is 0. The summed E-state index contributed by atoms with van der Waals surface area (Å²) in [5, 5.41) is 7.88. The number of likely N-dealkylation sites (tertiary alicyclic amines) is 1. The minimum absolute atomic E-state index is 0.648. The summed E-state index contributed by atoms with van der Waals surface area (Å²) in [6.45, 7) is 6.55. The van der Waals surface area contributed by atoms with Crippen LogP contribution in [0.2, 0.25) is 0 Å². The lowest BCUT2D eigenvalue weighted by Crippen LogP contribution is -2.49. The molecule has 2 heterocycles. The van der Waals surface area contributed by atoms with E-state index in [0.29, 0.717) is 6.04 Å². The summed E-state index contributed by atoms with van der Waals surface area (Å²) in [5.74, 6) is 0.989. The number of guanidine groups is 1. The van der Waals surface area contributed by atoms with Crippen LogP contribution < -0.4 is 5.32 Å². The van der Waals surface area contributed by atoms with E-state index in [1.165, 1.54) is 31.4 Å². The fourth-order valence-electron chi connectivity index (χ4n) is 3.03. The van der Waals surface area contributed by atoms with Crippen LogP contribution in [0.1, 0.15) is 31.7 Å². The molecule has 1 unspecified atom stereocenters. The lowest BCUT2D eigenvalue weighted by molar-refractivity contribution is 0.156. The number of nitrogens with one attached hydrogen (secondary N) is 1. The molecule has 1 aliphatic heterocycles. The summed E-state index contributed by atoms with van der Waals surface area (Å²) in [7, 11) is 3.97. The molecule has 0 aliphatic carbocycles. The van der Waals surface area contributed by atoms with Gasteiger partial charge in [0.25, 0.3) is 0 Å². The fraction of sp³-hybridized carbons (Fsp3) is 0.688. The van der Waals surface area contributed by atoms with Gasteiger partial charge >= 0.3 is 0 Å². The molecule has 0 amide bonds. The van der Waals surface area contributed by atoms with E-state index < -0.39 is 0 Å². The summed E-state index contributed by atoms with van der Waals surface area (Å²) in [6, 6.07) is 2.82. The van der Waals surface area contributed by atoms with E-state index in [-0.39, 0.29) is 0 Å². The number of aliphatic imine (C=N–C) groups is 1. The molecule has 1 saturated heterocycles. The molecule has 0 spiro atoms. The summed E-state index contributed by atoms with van der Waals surface area (Å²) in [5.41, 5.74) is 1.35. The number of thiophene rings is 1. The molecular weight excluding hydrogens is 280 g/mol. The topological polar surface area (TPSA) is 30.9 Å². The van der Waals surface area contributed by atoms with Gasteiger partial charge in [-0.25, -0.2) is 0 Å². The minimum atomic E-state index is 0.648. The predicted octanol–water partition coefficient (Wildman–Crippen LogP) is 2.63. The van der Waals surface area contributed by atoms with E-state index in [1.54, 1.807) is 11.3 Å². The molecule has 2 rings (SSSR count). The molecule has 1 aliphatic rings. The number of rotatable bonds is 5. The molecule has 1 atom stereocenters. The van der Waals surface area contributed by atoms with E-state index in [4.69, 9.17) is 0 Å². The van der Waals surface area contributed by atoms with Crippen LogP contribution >= 0.6 is 11.3 Å². The van der Waals surface area contributed by atoms with E-state index in [1.807, 2.05) is 7.05 Å². The lowest BCUT2D eigenvalue weighted by atomic mass is 10.0. The maximum absolute atomic E-state index is 4.42. The van der Waals surface area contributed by atoms with Gasteiger partial charge in [0.1, 0.15) is 0 Å². The maximum Gasteiger partial charge on any atom is 0.193 e. The van der Waals surface area contributed by atoms with Crippen LogP contribution in [0, 0.1) is 0 Å². The van der Waals surface area contributed by atoms with Crippen LogP contribution in [-0.2, 0) is 6.54 Å². The Bertz CT molecular complexity index is 429. The van der Waals surface area contributed by atoms with E-state index in [2.05, 4.69) is 50.9 Å². The minimum Gasteiger partial charge on any atom is -0.355 e. The molecule has 0 bridgehead atoms. The molecule has 0 saturated carbocycles. The van der Waals surface area contributed by atoms with Gasteiger partial charge in [0.05, 0.1) is 0 Å². The molecule has 118 valence electrons. The molecule has 1 aromatic heterocycles. The van der Waals surface area contributed by atoms with Crippen molar-refractivity contribution >= 4 is 17.3 Å². The van der Waals surface area contributed by atoms with Gasteiger partial charge in [-0.05, 0) is 48.3 Å². The van der Waals surface area contributed by atoms with Gasteiger partial charge in [0.2, 0.25) is 0 Å². The number of piperidine rings is 1. The van der Waals surface area contributed by atoms with Gasteiger partial charge in [-0.1, -0.05) is 13.3 Å². The molecule has 1 aromatic rings. The Morgan fingerprint density at radius 1 is 1.52 bits per heavy atom. The Morgan fingerprint density at radius 2 is 2.38 bits per heavy atom. The number of likely N-dealkylation sites (N-methyl/N-ethyl adjacent to an activating group) is 1. The summed E-state index contributed by atoms with van der Waals surface area (Å²) >= 11 is 1.75. The van der Waals surface area contributed by atoms with Crippen molar-refractivity contribution in [3.63, 3.8) is 0 Å². The number of hydrogen-bond donors (Lipinski definition) is 1. The van der Waals surface area contributed by atoms with E-state index >= 15 is 0 Å². The van der Waals surface area contributed by atoms with Gasteiger partial charge in [-0.3, -0.25) is 9.89 Å². The summed E-state index contributed by atoms with van der Waals surface area (Å²) in [4.78, 5) is 9.20. The number of hydrogen-bond acceptors (Lipinski definition) is 3. The second-order valence-electron chi connectivity index (χ2n) is 5.69. The molecule has 0 radical (unpaired) electrons. The molecule has 0 aromatic carbocycles. The van der Waals surface area contributed by atoms with E-state index in [9.17, 15) is 0 Å². The van der Waals surface area contributed by atoms with Crippen LogP contribution in [0.4, 0.5) is 0 Å². The Balaban J connectivity index is 1.84.